The van der Waals surface area contributed by atoms with Crippen LogP contribution in [0, 0.1) is 0 Å². The van der Waals surface area contributed by atoms with E-state index in [9.17, 15) is 19.4 Å². The van der Waals surface area contributed by atoms with Crippen LogP contribution in [0.15, 0.2) is 60.8 Å². The Morgan fingerprint density at radius 3 is 1.33 bits per heavy atom. The highest BCUT2D eigenvalue weighted by Crippen LogP contribution is 2.38. The Labute approximate surface area is 415 Å². The molecule has 8 nitrogen and oxygen atoms in total. The molecule has 0 aromatic carbocycles. The number of hydrogen-bond donors (Lipinski definition) is 2. The molecule has 2 N–H and O–H groups in total. The van der Waals surface area contributed by atoms with Crippen LogP contribution in [0.5, 0.6) is 0 Å². The van der Waals surface area contributed by atoms with Gasteiger partial charge in [-0.1, -0.05) is 248 Å². The maximum absolute atomic E-state index is 13.0. The fourth-order valence-corrected chi connectivity index (χ4v) is 8.85. The molecule has 0 aliphatic heterocycles. The zero-order chi connectivity index (χ0) is 49.2. The molecule has 392 valence electrons. The van der Waals surface area contributed by atoms with Gasteiger partial charge in [0, 0.05) is 6.42 Å². The van der Waals surface area contributed by atoms with Gasteiger partial charge in [-0.2, -0.15) is 0 Å². The van der Waals surface area contributed by atoms with Gasteiger partial charge in [-0.15, -0.1) is 0 Å². The normalized spacial score (nSPS) is 14.4. The molecule has 0 aliphatic carbocycles. The number of amides is 1. The van der Waals surface area contributed by atoms with E-state index in [0.29, 0.717) is 23.9 Å². The number of allylic oxidation sites excluding steroid dienone is 10. The molecule has 0 aliphatic rings. The number of phosphoric ester groups is 1. The first-order chi connectivity index (χ1) is 32.5. The minimum absolute atomic E-state index is 0.00899. The second kappa shape index (κ2) is 49.2. The van der Waals surface area contributed by atoms with Crippen LogP contribution in [0.4, 0.5) is 0 Å². The second-order valence-corrected chi connectivity index (χ2v) is 21.7. The first-order valence-electron chi connectivity index (χ1n) is 28.1. The smallest absolute Gasteiger partial charge is 0.268 e. The van der Waals surface area contributed by atoms with Gasteiger partial charge in [0.05, 0.1) is 39.9 Å². The predicted octanol–water partition coefficient (Wildman–Crippen LogP) is 16.3. The summed E-state index contributed by atoms with van der Waals surface area (Å²) in [6.45, 7) is 4.62. The van der Waals surface area contributed by atoms with E-state index < -0.39 is 20.0 Å². The number of quaternary nitrogens is 1. The van der Waals surface area contributed by atoms with Crippen LogP contribution in [0.2, 0.25) is 0 Å². The third-order valence-corrected chi connectivity index (χ3v) is 13.5. The molecule has 0 aromatic heterocycles. The van der Waals surface area contributed by atoms with Crippen LogP contribution in [0.1, 0.15) is 251 Å². The Kier molecular flexibility index (Phi) is 47.9. The van der Waals surface area contributed by atoms with Crippen LogP contribution < -0.4 is 10.2 Å². The Morgan fingerprint density at radius 2 is 0.910 bits per heavy atom. The van der Waals surface area contributed by atoms with Crippen LogP contribution >= 0.6 is 7.82 Å². The van der Waals surface area contributed by atoms with Gasteiger partial charge in [0.15, 0.2) is 0 Å². The van der Waals surface area contributed by atoms with Crippen LogP contribution in [-0.4, -0.2) is 68.5 Å². The molecular weight excluding hydrogens is 852 g/mol. The SMILES string of the molecule is CC/C=C\C/C=C\C/C=C\C/C=C\C/C=C\CCCCCCCCCCCC(=O)NC(COP(=O)([O-])OCC[N+](C)(C)C)C(O)CCCCCCCCCCCCCCCCCCCCCC. The Morgan fingerprint density at radius 1 is 0.537 bits per heavy atom. The quantitative estimate of drug-likeness (QED) is 0.0272. The molecular formula is C58H109N2O6P. The maximum atomic E-state index is 13.0. The second-order valence-electron chi connectivity index (χ2n) is 20.3. The number of carbonyl (C=O) groups excluding carboxylic acids is 1. The van der Waals surface area contributed by atoms with Crippen LogP contribution in [0.3, 0.4) is 0 Å². The topological polar surface area (TPSA) is 108 Å². The van der Waals surface area contributed by atoms with Crippen molar-refractivity contribution in [1.29, 1.82) is 0 Å². The number of phosphoric acid groups is 1. The average Bonchev–Trinajstić information content (AvgIpc) is 3.29. The zero-order valence-electron chi connectivity index (χ0n) is 44.6. The lowest BCUT2D eigenvalue weighted by Gasteiger charge is -2.30. The van der Waals surface area contributed by atoms with Gasteiger partial charge in [-0.05, 0) is 57.8 Å². The number of hydrogen-bond acceptors (Lipinski definition) is 6. The Bertz CT molecular complexity index is 1270. The average molecular weight is 961 g/mol. The number of aliphatic hydroxyl groups is 1. The van der Waals surface area contributed by atoms with Crippen molar-refractivity contribution in [3.8, 4) is 0 Å². The van der Waals surface area contributed by atoms with Crippen molar-refractivity contribution in [2.24, 2.45) is 0 Å². The van der Waals surface area contributed by atoms with Crippen LogP contribution in [-0.2, 0) is 18.4 Å². The number of aliphatic hydroxyl groups excluding tert-OH is 1. The molecule has 0 fully saturated rings. The van der Waals surface area contributed by atoms with E-state index in [4.69, 9.17) is 9.05 Å². The van der Waals surface area contributed by atoms with E-state index in [1.54, 1.807) is 0 Å². The van der Waals surface area contributed by atoms with Crippen molar-refractivity contribution in [1.82, 2.24) is 5.32 Å². The van der Waals surface area contributed by atoms with Gasteiger partial charge in [-0.3, -0.25) is 9.36 Å². The van der Waals surface area contributed by atoms with E-state index in [-0.39, 0.29) is 19.1 Å². The number of unbranched alkanes of at least 4 members (excludes halogenated alkanes) is 28. The summed E-state index contributed by atoms with van der Waals surface area (Å²) in [5, 5.41) is 14.0. The number of nitrogens with zero attached hydrogens (tertiary/aromatic N) is 1. The third-order valence-electron chi connectivity index (χ3n) is 12.5. The third kappa shape index (κ3) is 51.9. The first kappa shape index (κ1) is 65.2. The molecule has 0 heterocycles. The van der Waals surface area contributed by atoms with Gasteiger partial charge in [0.2, 0.25) is 5.91 Å². The van der Waals surface area contributed by atoms with Gasteiger partial charge in [0.25, 0.3) is 7.82 Å². The first-order valence-corrected chi connectivity index (χ1v) is 29.6. The molecule has 67 heavy (non-hydrogen) atoms. The fraction of sp³-hybridized carbons (Fsp3) is 0.810. The molecule has 1 amide bonds. The van der Waals surface area contributed by atoms with Crippen LogP contribution in [0.25, 0.3) is 0 Å². The number of carbonyl (C=O) groups is 1. The van der Waals surface area contributed by atoms with E-state index >= 15 is 0 Å². The van der Waals surface area contributed by atoms with Crippen molar-refractivity contribution >= 4 is 13.7 Å². The molecule has 0 aromatic rings. The van der Waals surface area contributed by atoms with E-state index in [2.05, 4.69) is 79.9 Å². The lowest BCUT2D eigenvalue weighted by Crippen LogP contribution is -2.46. The molecule has 0 saturated heterocycles. The van der Waals surface area contributed by atoms with Crippen molar-refractivity contribution in [2.75, 3.05) is 40.9 Å². The summed E-state index contributed by atoms with van der Waals surface area (Å²) in [7, 11) is 1.30. The predicted molar refractivity (Wildman–Crippen MR) is 288 cm³/mol. The molecule has 3 unspecified atom stereocenters. The van der Waals surface area contributed by atoms with Crippen molar-refractivity contribution in [3.05, 3.63) is 60.8 Å². The number of likely N-dealkylation sites (N-methyl/N-ethyl adjacent to an activating group) is 1. The largest absolute Gasteiger partial charge is 0.756 e. The molecule has 3 atom stereocenters. The van der Waals surface area contributed by atoms with Gasteiger partial charge < -0.3 is 28.8 Å². The van der Waals surface area contributed by atoms with Crippen molar-refractivity contribution in [2.45, 2.75) is 264 Å². The molecule has 0 radical (unpaired) electrons. The summed E-state index contributed by atoms with van der Waals surface area (Å²) >= 11 is 0. The standard InChI is InChI=1S/C58H109N2O6P/c1-6-8-10-12-14-16-18-20-22-24-26-28-29-30-31-32-34-36-38-40-42-44-46-48-50-52-58(62)59-56(55-66-67(63,64)65-54-53-60(3,4)5)57(61)51-49-47-45-43-41-39-37-35-33-27-25-23-21-19-17-15-13-11-9-7-2/h8,10,14,16,20,22,26,28,30-31,56-57,61H,6-7,9,11-13,15,17-19,21,23-25,27,29,32-55H2,1-5H3,(H-,59,62,63,64)/b10-8-,16-14-,22-20-,28-26-,31-30-. The lowest BCUT2D eigenvalue weighted by atomic mass is 10.0. The molecule has 0 bridgehead atoms. The number of nitrogens with one attached hydrogen (secondary N) is 1. The molecule has 0 spiro atoms. The zero-order valence-corrected chi connectivity index (χ0v) is 45.5. The maximum Gasteiger partial charge on any atom is 0.268 e. The Balaban J connectivity index is 4.21. The van der Waals surface area contributed by atoms with Crippen molar-refractivity contribution in [3.63, 3.8) is 0 Å². The van der Waals surface area contributed by atoms with E-state index in [1.165, 1.54) is 148 Å². The highest BCUT2D eigenvalue weighted by atomic mass is 31.2. The van der Waals surface area contributed by atoms with Gasteiger partial charge in [0.1, 0.15) is 13.2 Å². The highest BCUT2D eigenvalue weighted by molar-refractivity contribution is 7.45. The molecule has 0 rings (SSSR count). The summed E-state index contributed by atoms with van der Waals surface area (Å²) in [4.78, 5) is 25.5. The fourth-order valence-electron chi connectivity index (χ4n) is 8.13. The monoisotopic (exact) mass is 961 g/mol. The van der Waals surface area contributed by atoms with Gasteiger partial charge in [-0.25, -0.2) is 0 Å². The Hall–Kier alpha value is -1.80. The molecule has 9 heteroatoms. The minimum Gasteiger partial charge on any atom is -0.756 e. The van der Waals surface area contributed by atoms with E-state index in [0.717, 1.165) is 77.0 Å². The van der Waals surface area contributed by atoms with Crippen molar-refractivity contribution < 1.29 is 32.9 Å². The summed E-state index contributed by atoms with van der Waals surface area (Å²) in [5.41, 5.74) is 0. The summed E-state index contributed by atoms with van der Waals surface area (Å²) < 4.78 is 23.4. The summed E-state index contributed by atoms with van der Waals surface area (Å²) in [5.74, 6) is -0.171. The summed E-state index contributed by atoms with van der Waals surface area (Å²) in [6, 6.07) is -0.807. The number of rotatable bonds is 51. The lowest BCUT2D eigenvalue weighted by molar-refractivity contribution is -0.870. The van der Waals surface area contributed by atoms with Gasteiger partial charge >= 0.3 is 0 Å². The summed E-state index contributed by atoms with van der Waals surface area (Å²) in [6.07, 6.45) is 65.2. The molecule has 0 saturated carbocycles. The van der Waals surface area contributed by atoms with E-state index in [1.807, 2.05) is 21.1 Å². The highest BCUT2D eigenvalue weighted by Gasteiger charge is 2.24. The minimum atomic E-state index is -4.58.